The Hall–Kier alpha value is -1.39. The van der Waals surface area contributed by atoms with Gasteiger partial charge in [0.25, 0.3) is 0 Å². The Morgan fingerprint density at radius 3 is 2.62 bits per heavy atom. The molecule has 1 atom stereocenters. The Labute approximate surface area is 122 Å². The van der Waals surface area contributed by atoms with Gasteiger partial charge >= 0.3 is 5.97 Å². The van der Waals surface area contributed by atoms with Crippen LogP contribution in [0.2, 0.25) is 0 Å². The number of aromatic carboxylic acids is 1. The highest BCUT2D eigenvalue weighted by molar-refractivity contribution is 7.92. The summed E-state index contributed by atoms with van der Waals surface area (Å²) in [5, 5.41) is 9.01. The molecule has 2 rings (SSSR count). The minimum Gasteiger partial charge on any atom is -0.477 e. The fourth-order valence-electron chi connectivity index (χ4n) is 2.25. The number of nitrogens with zero attached hydrogens (tertiary/aromatic N) is 1. The number of aryl methyl sites for hydroxylation is 1. The van der Waals surface area contributed by atoms with Gasteiger partial charge in [0, 0.05) is 18.8 Å². The van der Waals surface area contributed by atoms with E-state index in [2.05, 4.69) is 4.72 Å². The van der Waals surface area contributed by atoms with Crippen LogP contribution in [0.3, 0.4) is 0 Å². The Morgan fingerprint density at radius 1 is 1.52 bits per heavy atom. The van der Waals surface area contributed by atoms with E-state index < -0.39 is 31.9 Å². The molecular weight excluding hydrogens is 320 g/mol. The average molecular weight is 336 g/mol. The summed E-state index contributed by atoms with van der Waals surface area (Å²) in [6.07, 6.45) is 1.46. The van der Waals surface area contributed by atoms with Crippen LogP contribution in [-0.4, -0.2) is 50.0 Å². The van der Waals surface area contributed by atoms with Gasteiger partial charge in [-0.1, -0.05) is 0 Å². The van der Waals surface area contributed by atoms with Gasteiger partial charge in [0.2, 0.25) is 10.0 Å². The SMILES string of the molecule is CCn1cc(S(=O)(=O)NC2CCS(=O)(=O)C2)cc1C(=O)O. The van der Waals surface area contributed by atoms with Crippen molar-refractivity contribution in [3.63, 3.8) is 0 Å². The molecule has 0 bridgehead atoms. The molecule has 2 N–H and O–H groups in total. The molecule has 1 fully saturated rings. The maximum absolute atomic E-state index is 12.2. The molecule has 2 heterocycles. The largest absolute Gasteiger partial charge is 0.477 e. The minimum absolute atomic E-state index is 0.0451. The molecule has 1 saturated heterocycles. The lowest BCUT2D eigenvalue weighted by atomic mass is 10.3. The van der Waals surface area contributed by atoms with Crippen molar-refractivity contribution in [2.45, 2.75) is 30.8 Å². The first-order chi connectivity index (χ1) is 9.64. The zero-order valence-electron chi connectivity index (χ0n) is 11.3. The van der Waals surface area contributed by atoms with Gasteiger partial charge in [0.15, 0.2) is 9.84 Å². The first-order valence-electron chi connectivity index (χ1n) is 6.31. The van der Waals surface area contributed by atoms with E-state index in [1.165, 1.54) is 10.8 Å². The molecular formula is C11H16N2O6S2. The molecule has 21 heavy (non-hydrogen) atoms. The minimum atomic E-state index is -3.94. The van der Waals surface area contributed by atoms with E-state index >= 15 is 0 Å². The molecule has 0 spiro atoms. The lowest BCUT2D eigenvalue weighted by molar-refractivity contribution is 0.0685. The standard InChI is InChI=1S/C11H16N2O6S2/c1-2-13-6-9(5-10(13)11(14)15)21(18,19)12-8-3-4-20(16,17)7-8/h5-6,8,12H,2-4,7H2,1H3,(H,14,15). The lowest BCUT2D eigenvalue weighted by Gasteiger charge is -2.10. The third-order valence-corrected chi connectivity index (χ3v) is 6.55. The third kappa shape index (κ3) is 3.44. The summed E-state index contributed by atoms with van der Waals surface area (Å²) in [6, 6.07) is 0.399. The number of carboxylic acid groups (broad SMARTS) is 1. The number of carbonyl (C=O) groups is 1. The Kier molecular flexibility index (Phi) is 4.13. The quantitative estimate of drug-likeness (QED) is 0.759. The second-order valence-corrected chi connectivity index (χ2v) is 8.82. The van der Waals surface area contributed by atoms with Crippen LogP contribution in [0.5, 0.6) is 0 Å². The van der Waals surface area contributed by atoms with Crippen molar-refractivity contribution in [2.24, 2.45) is 0 Å². The van der Waals surface area contributed by atoms with Gasteiger partial charge in [-0.25, -0.2) is 26.4 Å². The molecule has 1 unspecified atom stereocenters. The smallest absolute Gasteiger partial charge is 0.352 e. The highest BCUT2D eigenvalue weighted by atomic mass is 32.2. The Bertz CT molecular complexity index is 763. The second-order valence-electron chi connectivity index (χ2n) is 4.87. The molecule has 0 radical (unpaired) electrons. The topological polar surface area (TPSA) is 123 Å². The molecule has 0 saturated carbocycles. The zero-order chi connectivity index (χ0) is 15.8. The molecule has 0 amide bonds. The normalized spacial score (nSPS) is 21.5. The van der Waals surface area contributed by atoms with Crippen LogP contribution in [0, 0.1) is 0 Å². The highest BCUT2D eigenvalue weighted by Crippen LogP contribution is 2.18. The number of sulfonamides is 1. The van der Waals surface area contributed by atoms with E-state index in [0.29, 0.717) is 6.54 Å². The maximum Gasteiger partial charge on any atom is 0.352 e. The van der Waals surface area contributed by atoms with Crippen LogP contribution in [-0.2, 0) is 26.4 Å². The molecule has 8 nitrogen and oxygen atoms in total. The van der Waals surface area contributed by atoms with Crippen molar-refractivity contribution in [3.05, 3.63) is 18.0 Å². The summed E-state index contributed by atoms with van der Waals surface area (Å²) in [6.45, 7) is 2.01. The number of hydrogen-bond donors (Lipinski definition) is 2. The predicted molar refractivity (Wildman–Crippen MR) is 74.4 cm³/mol. The van der Waals surface area contributed by atoms with Gasteiger partial charge < -0.3 is 9.67 Å². The van der Waals surface area contributed by atoms with E-state index in [0.717, 1.165) is 6.07 Å². The van der Waals surface area contributed by atoms with Crippen LogP contribution >= 0.6 is 0 Å². The van der Waals surface area contributed by atoms with Gasteiger partial charge in [-0.15, -0.1) is 0 Å². The van der Waals surface area contributed by atoms with Crippen LogP contribution in [0.15, 0.2) is 17.2 Å². The summed E-state index contributed by atoms with van der Waals surface area (Å²) in [7, 11) is -7.14. The van der Waals surface area contributed by atoms with Crippen molar-refractivity contribution >= 4 is 25.8 Å². The van der Waals surface area contributed by atoms with E-state index in [1.54, 1.807) is 6.92 Å². The van der Waals surface area contributed by atoms with E-state index in [4.69, 9.17) is 5.11 Å². The highest BCUT2D eigenvalue weighted by Gasteiger charge is 2.32. The van der Waals surface area contributed by atoms with Gasteiger partial charge in [0.05, 0.1) is 11.5 Å². The van der Waals surface area contributed by atoms with Gasteiger partial charge in [-0.05, 0) is 19.4 Å². The van der Waals surface area contributed by atoms with Crippen LogP contribution in [0.25, 0.3) is 0 Å². The molecule has 118 valence electrons. The Morgan fingerprint density at radius 2 is 2.19 bits per heavy atom. The van der Waals surface area contributed by atoms with Crippen LogP contribution < -0.4 is 4.72 Å². The molecule has 1 aromatic rings. The predicted octanol–water partition coefficient (Wildman–Crippen LogP) is -0.328. The number of nitrogens with one attached hydrogen (secondary N) is 1. The summed E-state index contributed by atoms with van der Waals surface area (Å²) in [5.41, 5.74) is -0.128. The number of hydrogen-bond acceptors (Lipinski definition) is 5. The molecule has 1 aliphatic heterocycles. The summed E-state index contributed by atoms with van der Waals surface area (Å²) < 4.78 is 50.7. The van der Waals surface area contributed by atoms with E-state index in [-0.39, 0.29) is 28.5 Å². The fraction of sp³-hybridized carbons (Fsp3) is 0.545. The third-order valence-electron chi connectivity index (χ3n) is 3.30. The van der Waals surface area contributed by atoms with Crippen LogP contribution in [0.1, 0.15) is 23.8 Å². The average Bonchev–Trinajstić information content (AvgIpc) is 2.92. The van der Waals surface area contributed by atoms with E-state index in [1.807, 2.05) is 0 Å². The number of aromatic nitrogens is 1. The molecule has 0 aliphatic carbocycles. The molecule has 10 heteroatoms. The zero-order valence-corrected chi connectivity index (χ0v) is 12.9. The maximum atomic E-state index is 12.2. The van der Waals surface area contributed by atoms with Crippen molar-refractivity contribution in [2.75, 3.05) is 11.5 Å². The number of carboxylic acids is 1. The van der Waals surface area contributed by atoms with Crippen molar-refractivity contribution in [3.8, 4) is 0 Å². The van der Waals surface area contributed by atoms with Crippen molar-refractivity contribution in [1.82, 2.24) is 9.29 Å². The van der Waals surface area contributed by atoms with E-state index in [9.17, 15) is 21.6 Å². The van der Waals surface area contributed by atoms with Crippen molar-refractivity contribution in [1.29, 1.82) is 0 Å². The van der Waals surface area contributed by atoms with Gasteiger partial charge in [0.1, 0.15) is 10.6 Å². The van der Waals surface area contributed by atoms with Gasteiger partial charge in [-0.2, -0.15) is 0 Å². The summed E-state index contributed by atoms with van der Waals surface area (Å²) >= 11 is 0. The molecule has 0 aromatic carbocycles. The monoisotopic (exact) mass is 336 g/mol. The Balaban J connectivity index is 2.26. The summed E-state index contributed by atoms with van der Waals surface area (Å²) in [4.78, 5) is 10.9. The van der Waals surface area contributed by atoms with Gasteiger partial charge in [-0.3, -0.25) is 0 Å². The first-order valence-corrected chi connectivity index (χ1v) is 9.61. The van der Waals surface area contributed by atoms with Crippen molar-refractivity contribution < 1.29 is 26.7 Å². The molecule has 1 aromatic heterocycles. The number of sulfone groups is 1. The first kappa shape index (κ1) is 16.0. The van der Waals surface area contributed by atoms with Crippen LogP contribution in [0.4, 0.5) is 0 Å². The lowest BCUT2D eigenvalue weighted by Crippen LogP contribution is -2.35. The summed E-state index contributed by atoms with van der Waals surface area (Å²) in [5.74, 6) is -1.50. The fourth-order valence-corrected chi connectivity index (χ4v) is 5.33. The second kappa shape index (κ2) is 5.43. The number of rotatable bonds is 5. The molecule has 1 aliphatic rings.